The van der Waals surface area contributed by atoms with Crippen LogP contribution in [0, 0.1) is 5.92 Å². The zero-order valence-corrected chi connectivity index (χ0v) is 15.2. The van der Waals surface area contributed by atoms with Gasteiger partial charge < -0.3 is 15.4 Å². The largest absolute Gasteiger partial charge is 0.379 e. The van der Waals surface area contributed by atoms with Crippen molar-refractivity contribution in [3.63, 3.8) is 0 Å². The lowest BCUT2D eigenvalue weighted by Gasteiger charge is -2.39. The molecule has 1 aliphatic heterocycles. The van der Waals surface area contributed by atoms with Gasteiger partial charge in [-0.3, -0.25) is 15.0 Å². The summed E-state index contributed by atoms with van der Waals surface area (Å²) in [6.07, 6.45) is 4.15. The second kappa shape index (κ2) is 10.3. The molecule has 0 bridgehead atoms. The number of H-pyrrole nitrogens is 1. The molecule has 0 aliphatic carbocycles. The van der Waals surface area contributed by atoms with Crippen LogP contribution in [-0.4, -0.2) is 67.0 Å². The van der Waals surface area contributed by atoms with Crippen LogP contribution in [0.4, 0.5) is 0 Å². The molecule has 1 unspecified atom stereocenters. The van der Waals surface area contributed by atoms with E-state index in [9.17, 15) is 0 Å². The fourth-order valence-electron chi connectivity index (χ4n) is 3.32. The van der Waals surface area contributed by atoms with E-state index in [1.165, 1.54) is 12.8 Å². The van der Waals surface area contributed by atoms with E-state index in [-0.39, 0.29) is 0 Å². The number of nitrogens with one attached hydrogen (secondary N) is 3. The van der Waals surface area contributed by atoms with Crippen molar-refractivity contribution in [3.05, 3.63) is 18.0 Å². The number of aliphatic imine (C=N–C) groups is 1. The number of rotatable bonds is 8. The molecule has 0 saturated carbocycles. The molecule has 7 nitrogen and oxygen atoms in total. The summed E-state index contributed by atoms with van der Waals surface area (Å²) in [6.45, 7) is 9.86. The Morgan fingerprint density at radius 1 is 1.33 bits per heavy atom. The number of morpholine rings is 1. The molecule has 1 aromatic heterocycles. The monoisotopic (exact) mass is 336 g/mol. The van der Waals surface area contributed by atoms with E-state index in [4.69, 9.17) is 4.74 Å². The van der Waals surface area contributed by atoms with Crippen LogP contribution >= 0.6 is 0 Å². The van der Waals surface area contributed by atoms with Crippen molar-refractivity contribution in [1.29, 1.82) is 0 Å². The smallest absolute Gasteiger partial charge is 0.191 e. The molecule has 0 spiro atoms. The summed E-state index contributed by atoms with van der Waals surface area (Å²) in [5, 5.41) is 13.7. The van der Waals surface area contributed by atoms with Gasteiger partial charge in [-0.15, -0.1) is 0 Å². The summed E-state index contributed by atoms with van der Waals surface area (Å²) in [6, 6.07) is 2.47. The van der Waals surface area contributed by atoms with Crippen LogP contribution in [0.25, 0.3) is 0 Å². The van der Waals surface area contributed by atoms with Crippen molar-refractivity contribution in [2.24, 2.45) is 10.9 Å². The minimum atomic E-state index is 0.509. The van der Waals surface area contributed by atoms with Crippen LogP contribution in [0.2, 0.25) is 0 Å². The van der Waals surface area contributed by atoms with Crippen molar-refractivity contribution < 1.29 is 4.74 Å². The van der Waals surface area contributed by atoms with Crippen molar-refractivity contribution in [1.82, 2.24) is 25.7 Å². The second-order valence-corrected chi connectivity index (χ2v) is 6.18. The van der Waals surface area contributed by atoms with E-state index in [0.717, 1.165) is 44.5 Å². The van der Waals surface area contributed by atoms with Gasteiger partial charge in [0.2, 0.25) is 0 Å². The maximum absolute atomic E-state index is 5.52. The van der Waals surface area contributed by atoms with Crippen molar-refractivity contribution in [3.8, 4) is 0 Å². The molecule has 0 aromatic carbocycles. The van der Waals surface area contributed by atoms with Crippen LogP contribution in [0.1, 0.15) is 32.4 Å². The molecule has 2 heterocycles. The van der Waals surface area contributed by atoms with Crippen LogP contribution in [0.5, 0.6) is 0 Å². The highest BCUT2D eigenvalue weighted by Crippen LogP contribution is 2.19. The Bertz CT molecular complexity index is 465. The van der Waals surface area contributed by atoms with E-state index < -0.39 is 0 Å². The quantitative estimate of drug-likeness (QED) is 0.491. The van der Waals surface area contributed by atoms with E-state index in [1.807, 2.05) is 13.1 Å². The second-order valence-electron chi connectivity index (χ2n) is 6.18. The molecule has 2 rings (SSSR count). The molecule has 1 saturated heterocycles. The minimum absolute atomic E-state index is 0.509. The molecule has 136 valence electrons. The molecule has 0 amide bonds. The molecular formula is C17H32N6O. The van der Waals surface area contributed by atoms with Gasteiger partial charge in [-0.25, -0.2) is 0 Å². The first-order chi connectivity index (χ1) is 11.8. The van der Waals surface area contributed by atoms with Gasteiger partial charge in [0.1, 0.15) is 0 Å². The predicted molar refractivity (Wildman–Crippen MR) is 97.0 cm³/mol. The Hall–Kier alpha value is -1.60. The highest BCUT2D eigenvalue weighted by molar-refractivity contribution is 5.79. The summed E-state index contributed by atoms with van der Waals surface area (Å²) < 4.78 is 5.52. The lowest BCUT2D eigenvalue weighted by atomic mass is 9.92. The average molecular weight is 336 g/mol. The summed E-state index contributed by atoms with van der Waals surface area (Å²) in [7, 11) is 1.81. The fourth-order valence-corrected chi connectivity index (χ4v) is 3.32. The van der Waals surface area contributed by atoms with Crippen LogP contribution < -0.4 is 10.6 Å². The van der Waals surface area contributed by atoms with Crippen LogP contribution in [0.15, 0.2) is 17.3 Å². The number of hydrogen-bond donors (Lipinski definition) is 3. The Morgan fingerprint density at radius 2 is 2.08 bits per heavy atom. The van der Waals surface area contributed by atoms with Crippen molar-refractivity contribution in [2.75, 3.05) is 39.9 Å². The highest BCUT2D eigenvalue weighted by Gasteiger charge is 2.26. The van der Waals surface area contributed by atoms with E-state index in [2.05, 4.69) is 44.6 Å². The van der Waals surface area contributed by atoms with Crippen LogP contribution in [-0.2, 0) is 11.3 Å². The summed E-state index contributed by atoms with van der Waals surface area (Å²) >= 11 is 0. The maximum Gasteiger partial charge on any atom is 0.191 e. The Balaban J connectivity index is 1.89. The van der Waals surface area contributed by atoms with Gasteiger partial charge in [-0.2, -0.15) is 5.10 Å². The molecule has 1 aromatic rings. The maximum atomic E-state index is 5.52. The topological polar surface area (TPSA) is 77.6 Å². The SMILES string of the molecule is CCC(CC)C(CNC(=NC)NCc1ccn[nH]1)N1CCOCC1. The normalized spacial score (nSPS) is 17.9. The third-order valence-corrected chi connectivity index (χ3v) is 4.81. The zero-order chi connectivity index (χ0) is 17.2. The Kier molecular flexibility index (Phi) is 8.04. The van der Waals surface area contributed by atoms with Crippen molar-refractivity contribution in [2.45, 2.75) is 39.3 Å². The number of hydrogen-bond acceptors (Lipinski definition) is 4. The summed E-state index contributed by atoms with van der Waals surface area (Å²) in [5.41, 5.74) is 1.04. The molecule has 0 radical (unpaired) electrons. The molecule has 1 atom stereocenters. The Labute approximate surface area is 145 Å². The average Bonchev–Trinajstić information content (AvgIpc) is 3.15. The zero-order valence-electron chi connectivity index (χ0n) is 15.2. The van der Waals surface area contributed by atoms with Gasteiger partial charge in [-0.1, -0.05) is 26.7 Å². The van der Waals surface area contributed by atoms with Gasteiger partial charge in [0, 0.05) is 38.9 Å². The van der Waals surface area contributed by atoms with E-state index in [0.29, 0.717) is 18.5 Å². The first-order valence-electron chi connectivity index (χ1n) is 9.03. The number of aromatic nitrogens is 2. The minimum Gasteiger partial charge on any atom is -0.379 e. The predicted octanol–water partition coefficient (Wildman–Crippen LogP) is 1.21. The highest BCUT2D eigenvalue weighted by atomic mass is 16.5. The third-order valence-electron chi connectivity index (χ3n) is 4.81. The molecule has 7 heteroatoms. The summed E-state index contributed by atoms with van der Waals surface area (Å²) in [5.74, 6) is 1.51. The molecule has 3 N–H and O–H groups in total. The lowest BCUT2D eigenvalue weighted by molar-refractivity contribution is 0.00272. The fraction of sp³-hybridized carbons (Fsp3) is 0.765. The number of nitrogens with zero attached hydrogens (tertiary/aromatic N) is 3. The number of guanidine groups is 1. The molecule has 1 aliphatic rings. The molecule has 24 heavy (non-hydrogen) atoms. The first kappa shape index (κ1) is 18.7. The lowest BCUT2D eigenvalue weighted by Crippen LogP contribution is -2.53. The van der Waals surface area contributed by atoms with Gasteiger partial charge in [0.05, 0.1) is 25.5 Å². The summed E-state index contributed by atoms with van der Waals surface area (Å²) in [4.78, 5) is 6.90. The third kappa shape index (κ3) is 5.49. The molecular weight excluding hydrogens is 304 g/mol. The van der Waals surface area contributed by atoms with Gasteiger partial charge >= 0.3 is 0 Å². The van der Waals surface area contributed by atoms with Gasteiger partial charge in [0.15, 0.2) is 5.96 Å². The first-order valence-corrected chi connectivity index (χ1v) is 9.03. The van der Waals surface area contributed by atoms with Gasteiger partial charge in [-0.05, 0) is 12.0 Å². The van der Waals surface area contributed by atoms with Crippen LogP contribution in [0.3, 0.4) is 0 Å². The van der Waals surface area contributed by atoms with E-state index in [1.54, 1.807) is 6.20 Å². The standard InChI is InChI=1S/C17H32N6O/c1-4-14(5-2)16(23-8-10-24-11-9-23)13-20-17(18-3)19-12-15-6-7-21-22-15/h6-7,14,16H,4-5,8-13H2,1-3H3,(H,21,22)(H2,18,19,20). The van der Waals surface area contributed by atoms with Crippen molar-refractivity contribution >= 4 is 5.96 Å². The van der Waals surface area contributed by atoms with E-state index >= 15 is 0 Å². The van der Waals surface area contributed by atoms with Gasteiger partial charge in [0.25, 0.3) is 0 Å². The number of ether oxygens (including phenoxy) is 1. The molecule has 1 fully saturated rings. The number of aromatic amines is 1. The Morgan fingerprint density at radius 3 is 2.67 bits per heavy atom.